The summed E-state index contributed by atoms with van der Waals surface area (Å²) in [5.74, 6) is -0.383. The van der Waals surface area contributed by atoms with Crippen molar-refractivity contribution >= 4 is 0 Å². The molecular formula is C13H9FN2O. The van der Waals surface area contributed by atoms with Crippen LogP contribution in [0.5, 0.6) is 0 Å². The molecule has 0 aliphatic heterocycles. The van der Waals surface area contributed by atoms with Crippen molar-refractivity contribution in [2.75, 3.05) is 0 Å². The van der Waals surface area contributed by atoms with E-state index in [-0.39, 0.29) is 11.4 Å². The monoisotopic (exact) mass is 228 g/mol. The molecule has 1 heterocycles. The minimum absolute atomic E-state index is 0.0196. The number of aromatic nitrogens is 1. The zero-order chi connectivity index (χ0) is 12.4. The van der Waals surface area contributed by atoms with Gasteiger partial charge in [-0.1, -0.05) is 18.2 Å². The van der Waals surface area contributed by atoms with Crippen molar-refractivity contribution in [3.05, 3.63) is 57.8 Å². The number of aromatic amines is 1. The summed E-state index contributed by atoms with van der Waals surface area (Å²) < 4.78 is 13.6. The van der Waals surface area contributed by atoms with Crippen molar-refractivity contribution in [2.45, 2.75) is 6.92 Å². The molecule has 0 radical (unpaired) electrons. The lowest BCUT2D eigenvalue weighted by atomic mass is 10.0. The topological polar surface area (TPSA) is 56.6 Å². The van der Waals surface area contributed by atoms with Gasteiger partial charge in [-0.25, -0.2) is 4.39 Å². The van der Waals surface area contributed by atoms with Crippen LogP contribution in [0.15, 0.2) is 35.1 Å². The number of aryl methyl sites for hydroxylation is 1. The molecule has 0 aliphatic rings. The Kier molecular flexibility index (Phi) is 2.75. The van der Waals surface area contributed by atoms with Gasteiger partial charge in [-0.15, -0.1) is 0 Å². The second kappa shape index (κ2) is 4.22. The summed E-state index contributed by atoms with van der Waals surface area (Å²) in [7, 11) is 0. The van der Waals surface area contributed by atoms with Crippen LogP contribution in [0.4, 0.5) is 4.39 Å². The van der Waals surface area contributed by atoms with Crippen molar-refractivity contribution in [1.29, 1.82) is 5.26 Å². The number of pyridine rings is 1. The van der Waals surface area contributed by atoms with Crippen LogP contribution in [0.2, 0.25) is 0 Å². The van der Waals surface area contributed by atoms with E-state index in [1.807, 2.05) is 0 Å². The van der Waals surface area contributed by atoms with E-state index in [0.29, 0.717) is 16.8 Å². The summed E-state index contributed by atoms with van der Waals surface area (Å²) in [5.41, 5.74) is 0.968. The van der Waals surface area contributed by atoms with Crippen LogP contribution >= 0.6 is 0 Å². The zero-order valence-electron chi connectivity index (χ0n) is 9.12. The highest BCUT2D eigenvalue weighted by Gasteiger charge is 2.10. The number of H-pyrrole nitrogens is 1. The van der Waals surface area contributed by atoms with Crippen LogP contribution in [0.25, 0.3) is 11.1 Å². The van der Waals surface area contributed by atoms with Crippen molar-refractivity contribution in [1.82, 2.24) is 4.98 Å². The number of hydrogen-bond acceptors (Lipinski definition) is 2. The van der Waals surface area contributed by atoms with Gasteiger partial charge in [0.15, 0.2) is 0 Å². The molecule has 0 saturated heterocycles. The highest BCUT2D eigenvalue weighted by atomic mass is 19.1. The maximum absolute atomic E-state index is 13.6. The maximum atomic E-state index is 13.6. The first-order valence-corrected chi connectivity index (χ1v) is 5.02. The molecule has 2 aromatic rings. The van der Waals surface area contributed by atoms with Crippen LogP contribution in [0.3, 0.4) is 0 Å². The zero-order valence-corrected chi connectivity index (χ0v) is 9.12. The first-order chi connectivity index (χ1) is 8.13. The first kappa shape index (κ1) is 11.1. The molecule has 4 heteroatoms. The minimum atomic E-state index is -0.454. The average Bonchev–Trinajstić information content (AvgIpc) is 2.31. The molecule has 1 N–H and O–H groups in total. The molecule has 0 aliphatic carbocycles. The molecule has 1 aromatic carbocycles. The predicted molar refractivity (Wildman–Crippen MR) is 61.9 cm³/mol. The third-order valence-electron chi connectivity index (χ3n) is 2.52. The van der Waals surface area contributed by atoms with Gasteiger partial charge in [0.05, 0.1) is 0 Å². The fourth-order valence-electron chi connectivity index (χ4n) is 1.67. The third-order valence-corrected chi connectivity index (χ3v) is 2.52. The number of nitriles is 1. The van der Waals surface area contributed by atoms with Crippen molar-refractivity contribution in [3.8, 4) is 17.2 Å². The highest BCUT2D eigenvalue weighted by molar-refractivity contribution is 5.67. The van der Waals surface area contributed by atoms with Gasteiger partial charge >= 0.3 is 0 Å². The fourth-order valence-corrected chi connectivity index (χ4v) is 1.67. The molecule has 0 atom stereocenters. The van der Waals surface area contributed by atoms with Crippen LogP contribution in [0, 0.1) is 24.1 Å². The molecule has 1 aromatic heterocycles. The molecule has 17 heavy (non-hydrogen) atoms. The van der Waals surface area contributed by atoms with Crippen LogP contribution in [0.1, 0.15) is 11.3 Å². The Morgan fingerprint density at radius 2 is 2.00 bits per heavy atom. The summed E-state index contributed by atoms with van der Waals surface area (Å²) >= 11 is 0. The van der Waals surface area contributed by atoms with E-state index in [1.54, 1.807) is 31.2 Å². The number of nitrogens with zero attached hydrogens (tertiary/aromatic N) is 1. The molecular weight excluding hydrogens is 219 g/mol. The predicted octanol–water partition coefficient (Wildman–Crippen LogP) is 2.36. The van der Waals surface area contributed by atoms with Gasteiger partial charge in [-0.3, -0.25) is 4.79 Å². The highest BCUT2D eigenvalue weighted by Crippen LogP contribution is 2.24. The summed E-state index contributed by atoms with van der Waals surface area (Å²) in [6.45, 7) is 1.67. The molecule has 0 saturated carbocycles. The molecule has 0 bridgehead atoms. The van der Waals surface area contributed by atoms with Crippen molar-refractivity contribution < 1.29 is 4.39 Å². The molecule has 84 valence electrons. The lowest BCUT2D eigenvalue weighted by Gasteiger charge is -2.07. The summed E-state index contributed by atoms with van der Waals surface area (Å²) in [4.78, 5) is 13.9. The van der Waals surface area contributed by atoms with E-state index in [1.165, 1.54) is 12.1 Å². The van der Waals surface area contributed by atoms with Gasteiger partial charge < -0.3 is 4.98 Å². The Bertz CT molecular complexity index is 668. The molecule has 0 spiro atoms. The van der Waals surface area contributed by atoms with Gasteiger partial charge in [0, 0.05) is 16.8 Å². The largest absolute Gasteiger partial charge is 0.325 e. The Balaban J connectivity index is 2.73. The van der Waals surface area contributed by atoms with Gasteiger partial charge in [-0.05, 0) is 19.1 Å². The standard InChI is InChI=1S/C13H9FN2O/c1-8-11(6-9(7-15)13(17)16-8)10-4-2-3-5-12(10)14/h2-6H,1H3,(H,16,17). The number of hydrogen-bond donors (Lipinski definition) is 1. The minimum Gasteiger partial charge on any atom is -0.325 e. The first-order valence-electron chi connectivity index (χ1n) is 5.02. The summed E-state index contributed by atoms with van der Waals surface area (Å²) in [5, 5.41) is 8.79. The van der Waals surface area contributed by atoms with Gasteiger partial charge in [0.2, 0.25) is 0 Å². The average molecular weight is 228 g/mol. The Morgan fingerprint density at radius 1 is 1.29 bits per heavy atom. The number of rotatable bonds is 1. The van der Waals surface area contributed by atoms with Gasteiger partial charge in [0.1, 0.15) is 17.4 Å². The smallest absolute Gasteiger partial charge is 0.266 e. The van der Waals surface area contributed by atoms with E-state index in [9.17, 15) is 9.18 Å². The van der Waals surface area contributed by atoms with Crippen LogP contribution in [-0.2, 0) is 0 Å². The summed E-state index contributed by atoms with van der Waals surface area (Å²) in [6, 6.07) is 9.43. The fraction of sp³-hybridized carbons (Fsp3) is 0.0769. The Labute approximate surface area is 97.2 Å². The van der Waals surface area contributed by atoms with E-state index < -0.39 is 5.56 Å². The molecule has 0 fully saturated rings. The number of nitrogens with one attached hydrogen (secondary N) is 1. The Hall–Kier alpha value is -2.41. The Morgan fingerprint density at radius 3 is 2.65 bits per heavy atom. The van der Waals surface area contributed by atoms with Gasteiger partial charge in [0.25, 0.3) is 5.56 Å². The quantitative estimate of drug-likeness (QED) is 0.814. The third kappa shape index (κ3) is 1.95. The second-order valence-corrected chi connectivity index (χ2v) is 3.64. The number of benzene rings is 1. The van der Waals surface area contributed by atoms with E-state index in [0.717, 1.165) is 0 Å². The van der Waals surface area contributed by atoms with E-state index >= 15 is 0 Å². The van der Waals surface area contributed by atoms with E-state index in [2.05, 4.69) is 4.98 Å². The SMILES string of the molecule is Cc1[nH]c(=O)c(C#N)cc1-c1ccccc1F. The second-order valence-electron chi connectivity index (χ2n) is 3.64. The van der Waals surface area contributed by atoms with E-state index in [4.69, 9.17) is 5.26 Å². The molecule has 0 unspecified atom stereocenters. The van der Waals surface area contributed by atoms with Crippen LogP contribution in [-0.4, -0.2) is 4.98 Å². The number of halogens is 1. The normalized spacial score (nSPS) is 9.94. The lowest BCUT2D eigenvalue weighted by Crippen LogP contribution is -2.12. The van der Waals surface area contributed by atoms with Gasteiger partial charge in [-0.2, -0.15) is 5.26 Å². The lowest BCUT2D eigenvalue weighted by molar-refractivity contribution is 0.631. The molecule has 2 rings (SSSR count). The van der Waals surface area contributed by atoms with Crippen molar-refractivity contribution in [3.63, 3.8) is 0 Å². The summed E-state index contributed by atoms with van der Waals surface area (Å²) in [6.07, 6.45) is 0. The molecule has 3 nitrogen and oxygen atoms in total. The van der Waals surface area contributed by atoms with Crippen molar-refractivity contribution in [2.24, 2.45) is 0 Å². The van der Waals surface area contributed by atoms with Crippen LogP contribution < -0.4 is 5.56 Å². The maximum Gasteiger partial charge on any atom is 0.266 e. The molecule has 0 amide bonds.